The average Bonchev–Trinajstić information content (AvgIpc) is 2.92. The lowest BCUT2D eigenvalue weighted by molar-refractivity contribution is 0.155. The molecule has 1 saturated heterocycles. The van der Waals surface area contributed by atoms with Gasteiger partial charge in [-0.3, -0.25) is 0 Å². The Morgan fingerprint density at radius 2 is 2.05 bits per heavy atom. The molecule has 3 nitrogen and oxygen atoms in total. The summed E-state index contributed by atoms with van der Waals surface area (Å²) in [5.74, 6) is 1.85. The first-order valence-corrected chi connectivity index (χ1v) is 8.48. The van der Waals surface area contributed by atoms with Crippen molar-refractivity contribution in [1.82, 2.24) is 10.2 Å². The molecule has 1 aromatic rings. The fraction of sp³-hybridized carbons (Fsp3) is 0.667. The Morgan fingerprint density at radius 1 is 1.29 bits per heavy atom. The average molecular weight is 288 g/mol. The van der Waals surface area contributed by atoms with Crippen LogP contribution in [0.15, 0.2) is 24.3 Å². The van der Waals surface area contributed by atoms with Crippen LogP contribution in [0.2, 0.25) is 0 Å². The number of likely N-dealkylation sites (tertiary alicyclic amines) is 1. The highest BCUT2D eigenvalue weighted by Gasteiger charge is 2.29. The lowest BCUT2D eigenvalue weighted by atomic mass is 9.89. The number of para-hydroxylation sites is 1. The number of nitrogens with zero attached hydrogens (tertiary/aromatic N) is 1. The van der Waals surface area contributed by atoms with Crippen LogP contribution in [-0.4, -0.2) is 37.2 Å². The van der Waals surface area contributed by atoms with Gasteiger partial charge in [-0.25, -0.2) is 0 Å². The molecule has 1 aromatic carbocycles. The van der Waals surface area contributed by atoms with Crippen molar-refractivity contribution in [2.45, 2.75) is 45.2 Å². The van der Waals surface area contributed by atoms with Crippen molar-refractivity contribution in [3.05, 3.63) is 29.8 Å². The van der Waals surface area contributed by atoms with Gasteiger partial charge in [0.05, 0.1) is 6.04 Å². The fourth-order valence-corrected chi connectivity index (χ4v) is 3.75. The minimum absolute atomic E-state index is 0.366. The molecule has 2 aliphatic rings. The van der Waals surface area contributed by atoms with Gasteiger partial charge in [-0.2, -0.15) is 0 Å². The Labute approximate surface area is 128 Å². The highest BCUT2D eigenvalue weighted by molar-refractivity contribution is 5.39. The van der Waals surface area contributed by atoms with Crippen LogP contribution in [0.25, 0.3) is 0 Å². The Morgan fingerprint density at radius 3 is 2.81 bits per heavy atom. The molecule has 116 valence electrons. The zero-order valence-electron chi connectivity index (χ0n) is 13.3. The fourth-order valence-electron chi connectivity index (χ4n) is 3.75. The van der Waals surface area contributed by atoms with E-state index in [1.807, 2.05) is 6.07 Å². The normalized spacial score (nSPS) is 24.6. The highest BCUT2D eigenvalue weighted by atomic mass is 16.5. The summed E-state index contributed by atoms with van der Waals surface area (Å²) in [5.41, 5.74) is 1.33. The molecule has 1 fully saturated rings. The number of hydrogen-bond donors (Lipinski definition) is 1. The molecule has 2 aliphatic heterocycles. The zero-order valence-corrected chi connectivity index (χ0v) is 13.3. The van der Waals surface area contributed by atoms with E-state index in [-0.39, 0.29) is 0 Å². The van der Waals surface area contributed by atoms with Crippen LogP contribution in [0.5, 0.6) is 5.75 Å². The van der Waals surface area contributed by atoms with Gasteiger partial charge in [0.15, 0.2) is 0 Å². The third-order valence-corrected chi connectivity index (χ3v) is 5.04. The van der Waals surface area contributed by atoms with Gasteiger partial charge in [-0.05, 0) is 57.8 Å². The summed E-state index contributed by atoms with van der Waals surface area (Å²) in [4.78, 5) is 2.61. The molecule has 0 aliphatic carbocycles. The van der Waals surface area contributed by atoms with E-state index in [9.17, 15) is 0 Å². The molecule has 0 spiro atoms. The van der Waals surface area contributed by atoms with Crippen LogP contribution in [0, 0.1) is 5.92 Å². The quantitative estimate of drug-likeness (QED) is 0.900. The van der Waals surface area contributed by atoms with Crippen molar-refractivity contribution >= 4 is 0 Å². The maximum absolute atomic E-state index is 5.78. The number of hydrogen-bond acceptors (Lipinski definition) is 3. The topological polar surface area (TPSA) is 24.5 Å². The molecule has 1 N–H and O–H groups in total. The molecule has 21 heavy (non-hydrogen) atoms. The summed E-state index contributed by atoms with van der Waals surface area (Å²) < 4.78 is 5.78. The summed E-state index contributed by atoms with van der Waals surface area (Å²) in [6.07, 6.45) is 3.92. The van der Waals surface area contributed by atoms with Crippen LogP contribution in [0.1, 0.15) is 44.7 Å². The number of benzene rings is 1. The van der Waals surface area contributed by atoms with Crippen molar-refractivity contribution in [2.24, 2.45) is 5.92 Å². The maximum Gasteiger partial charge on any atom is 0.124 e. The number of piperidine rings is 1. The van der Waals surface area contributed by atoms with Gasteiger partial charge in [-0.15, -0.1) is 0 Å². The van der Waals surface area contributed by atoms with Crippen LogP contribution in [0.3, 0.4) is 0 Å². The molecule has 2 heterocycles. The second kappa shape index (κ2) is 6.80. The SMILES string of the molecule is CCCN1CCC(C(C)NC2COc3ccccc32)CC1. The number of nitrogens with one attached hydrogen (secondary N) is 1. The molecule has 0 radical (unpaired) electrons. The van der Waals surface area contributed by atoms with Crippen LogP contribution in [-0.2, 0) is 0 Å². The maximum atomic E-state index is 5.78. The van der Waals surface area contributed by atoms with E-state index in [1.165, 1.54) is 44.5 Å². The third-order valence-electron chi connectivity index (χ3n) is 5.04. The highest BCUT2D eigenvalue weighted by Crippen LogP contribution is 2.33. The molecule has 3 heteroatoms. The summed E-state index contributed by atoms with van der Waals surface area (Å²) in [5, 5.41) is 3.81. The van der Waals surface area contributed by atoms with E-state index >= 15 is 0 Å². The van der Waals surface area contributed by atoms with E-state index in [1.54, 1.807) is 0 Å². The van der Waals surface area contributed by atoms with Crippen LogP contribution < -0.4 is 10.1 Å². The van der Waals surface area contributed by atoms with Gasteiger partial charge in [0.1, 0.15) is 12.4 Å². The standard InChI is InChI=1S/C18H28N2O/c1-3-10-20-11-8-15(9-12-20)14(2)19-17-13-21-18-7-5-4-6-16(17)18/h4-7,14-15,17,19H,3,8-13H2,1-2H3. The minimum Gasteiger partial charge on any atom is -0.491 e. The Balaban J connectivity index is 1.52. The Kier molecular flexibility index (Phi) is 4.81. The van der Waals surface area contributed by atoms with Gasteiger partial charge < -0.3 is 15.0 Å². The number of rotatable bonds is 5. The molecule has 2 atom stereocenters. The molecular weight excluding hydrogens is 260 g/mol. The van der Waals surface area contributed by atoms with Gasteiger partial charge in [0.2, 0.25) is 0 Å². The molecule has 0 amide bonds. The third kappa shape index (κ3) is 3.41. The van der Waals surface area contributed by atoms with E-state index in [0.717, 1.165) is 18.3 Å². The molecule has 2 unspecified atom stereocenters. The molecule has 0 aromatic heterocycles. The lowest BCUT2D eigenvalue weighted by Gasteiger charge is -2.36. The van der Waals surface area contributed by atoms with Crippen LogP contribution in [0.4, 0.5) is 0 Å². The van der Waals surface area contributed by atoms with Crippen molar-refractivity contribution in [3.8, 4) is 5.75 Å². The number of ether oxygens (including phenoxy) is 1. The monoisotopic (exact) mass is 288 g/mol. The first kappa shape index (κ1) is 14.9. The largest absolute Gasteiger partial charge is 0.491 e. The Bertz CT molecular complexity index is 454. The molecule has 0 bridgehead atoms. The molecule has 3 rings (SSSR count). The predicted octanol–water partition coefficient (Wildman–Crippen LogP) is 3.22. The van der Waals surface area contributed by atoms with Gasteiger partial charge in [0, 0.05) is 11.6 Å². The predicted molar refractivity (Wildman–Crippen MR) is 86.7 cm³/mol. The van der Waals surface area contributed by atoms with Crippen molar-refractivity contribution in [1.29, 1.82) is 0 Å². The van der Waals surface area contributed by atoms with Crippen molar-refractivity contribution < 1.29 is 4.74 Å². The number of fused-ring (bicyclic) bond motifs is 1. The van der Waals surface area contributed by atoms with Gasteiger partial charge in [-0.1, -0.05) is 25.1 Å². The Hall–Kier alpha value is -1.06. The second-order valence-corrected chi connectivity index (χ2v) is 6.54. The summed E-state index contributed by atoms with van der Waals surface area (Å²) >= 11 is 0. The minimum atomic E-state index is 0.366. The molecule has 0 saturated carbocycles. The summed E-state index contributed by atoms with van der Waals surface area (Å²) in [6.45, 7) is 9.19. The van der Waals surface area contributed by atoms with Gasteiger partial charge >= 0.3 is 0 Å². The molecular formula is C18H28N2O. The second-order valence-electron chi connectivity index (χ2n) is 6.54. The van der Waals surface area contributed by atoms with Gasteiger partial charge in [0.25, 0.3) is 0 Å². The zero-order chi connectivity index (χ0) is 14.7. The van der Waals surface area contributed by atoms with E-state index in [0.29, 0.717) is 12.1 Å². The lowest BCUT2D eigenvalue weighted by Crippen LogP contribution is -2.43. The van der Waals surface area contributed by atoms with Crippen molar-refractivity contribution in [3.63, 3.8) is 0 Å². The van der Waals surface area contributed by atoms with E-state index in [4.69, 9.17) is 4.74 Å². The van der Waals surface area contributed by atoms with Crippen molar-refractivity contribution in [2.75, 3.05) is 26.2 Å². The van der Waals surface area contributed by atoms with E-state index < -0.39 is 0 Å². The smallest absolute Gasteiger partial charge is 0.124 e. The van der Waals surface area contributed by atoms with E-state index in [2.05, 4.69) is 42.3 Å². The first-order valence-electron chi connectivity index (χ1n) is 8.48. The summed E-state index contributed by atoms with van der Waals surface area (Å²) in [6, 6.07) is 9.35. The van der Waals surface area contributed by atoms with Crippen LogP contribution >= 0.6 is 0 Å². The summed E-state index contributed by atoms with van der Waals surface area (Å²) in [7, 11) is 0. The first-order chi connectivity index (χ1) is 10.3.